The summed E-state index contributed by atoms with van der Waals surface area (Å²) in [6.07, 6.45) is 1.20. The summed E-state index contributed by atoms with van der Waals surface area (Å²) >= 11 is 0. The highest BCUT2D eigenvalue weighted by Crippen LogP contribution is 2.25. The topological polar surface area (TPSA) is 55.4 Å². The van der Waals surface area contributed by atoms with Crippen LogP contribution in [0.5, 0.6) is 11.5 Å². The number of hydrogen-bond acceptors (Lipinski definition) is 3. The molecule has 0 aliphatic carbocycles. The van der Waals surface area contributed by atoms with E-state index < -0.39 is 6.04 Å². The molecule has 0 aliphatic heterocycles. The van der Waals surface area contributed by atoms with Crippen LogP contribution in [0.1, 0.15) is 15.9 Å². The van der Waals surface area contributed by atoms with Crippen molar-refractivity contribution in [2.75, 3.05) is 0 Å². The summed E-state index contributed by atoms with van der Waals surface area (Å²) in [7, 11) is 0. The maximum absolute atomic E-state index is 12.7. The predicted molar refractivity (Wildman–Crippen MR) is 100 cm³/mol. The third-order valence-electron chi connectivity index (χ3n) is 3.88. The van der Waals surface area contributed by atoms with Crippen LogP contribution in [0.4, 0.5) is 0 Å². The Morgan fingerprint density at radius 1 is 0.885 bits per heavy atom. The highest BCUT2D eigenvalue weighted by molar-refractivity contribution is 5.98. The van der Waals surface area contributed by atoms with Crippen molar-refractivity contribution in [2.24, 2.45) is 0 Å². The summed E-state index contributed by atoms with van der Waals surface area (Å²) in [5.41, 5.74) is 1.37. The van der Waals surface area contributed by atoms with E-state index in [9.17, 15) is 9.59 Å². The SMILES string of the molecule is O=C[C@H](Cc1ccccc1)NC(=O)c1ccccc1Oc1ccccc1. The van der Waals surface area contributed by atoms with Crippen LogP contribution in [0.15, 0.2) is 84.9 Å². The van der Waals surface area contributed by atoms with Gasteiger partial charge in [-0.1, -0.05) is 60.7 Å². The van der Waals surface area contributed by atoms with Crippen LogP contribution in [0.3, 0.4) is 0 Å². The monoisotopic (exact) mass is 345 g/mol. The Hall–Kier alpha value is -3.40. The average molecular weight is 345 g/mol. The Morgan fingerprint density at radius 3 is 2.19 bits per heavy atom. The van der Waals surface area contributed by atoms with Crippen LogP contribution < -0.4 is 10.1 Å². The lowest BCUT2D eigenvalue weighted by Gasteiger charge is -2.15. The molecule has 0 aliphatic rings. The first-order valence-electron chi connectivity index (χ1n) is 8.38. The fraction of sp³-hybridized carbons (Fsp3) is 0.0909. The van der Waals surface area contributed by atoms with Crippen LogP contribution in [-0.4, -0.2) is 18.2 Å². The van der Waals surface area contributed by atoms with E-state index in [-0.39, 0.29) is 5.91 Å². The van der Waals surface area contributed by atoms with E-state index in [0.717, 1.165) is 11.8 Å². The molecule has 0 aromatic heterocycles. The van der Waals surface area contributed by atoms with Crippen molar-refractivity contribution in [1.82, 2.24) is 5.32 Å². The molecule has 0 spiro atoms. The zero-order chi connectivity index (χ0) is 18.2. The van der Waals surface area contributed by atoms with Gasteiger partial charge in [0.25, 0.3) is 5.91 Å². The molecule has 0 bridgehead atoms. The number of para-hydroxylation sites is 2. The van der Waals surface area contributed by atoms with E-state index in [1.54, 1.807) is 24.3 Å². The second-order valence-electron chi connectivity index (χ2n) is 5.82. The second-order valence-corrected chi connectivity index (χ2v) is 5.82. The number of amides is 1. The normalized spacial score (nSPS) is 11.4. The molecule has 3 aromatic rings. The summed E-state index contributed by atoms with van der Waals surface area (Å²) < 4.78 is 5.81. The summed E-state index contributed by atoms with van der Waals surface area (Å²) in [4.78, 5) is 24.1. The van der Waals surface area contributed by atoms with Crippen LogP contribution >= 0.6 is 0 Å². The van der Waals surface area contributed by atoms with Gasteiger partial charge in [0.1, 0.15) is 17.8 Å². The fourth-order valence-corrected chi connectivity index (χ4v) is 2.61. The minimum atomic E-state index is -0.602. The van der Waals surface area contributed by atoms with Crippen molar-refractivity contribution < 1.29 is 14.3 Å². The van der Waals surface area contributed by atoms with Gasteiger partial charge in [0.2, 0.25) is 0 Å². The number of aldehydes is 1. The largest absolute Gasteiger partial charge is 0.457 e. The van der Waals surface area contributed by atoms with Gasteiger partial charge >= 0.3 is 0 Å². The summed E-state index contributed by atoms with van der Waals surface area (Å²) in [5, 5.41) is 2.77. The standard InChI is InChI=1S/C22H19NO3/c24-16-18(15-17-9-3-1-4-10-17)23-22(25)20-13-7-8-14-21(20)26-19-11-5-2-6-12-19/h1-14,16,18H,15H2,(H,23,25)/t18-/m0/s1. The number of carbonyl (C=O) groups excluding carboxylic acids is 2. The number of nitrogens with one attached hydrogen (secondary N) is 1. The van der Waals surface area contributed by atoms with Gasteiger partial charge < -0.3 is 14.8 Å². The van der Waals surface area contributed by atoms with Gasteiger partial charge in [-0.2, -0.15) is 0 Å². The molecule has 3 rings (SSSR count). The lowest BCUT2D eigenvalue weighted by molar-refractivity contribution is -0.109. The van der Waals surface area contributed by atoms with Crippen LogP contribution in [-0.2, 0) is 11.2 Å². The fourth-order valence-electron chi connectivity index (χ4n) is 2.61. The van der Waals surface area contributed by atoms with Gasteiger partial charge in [-0.3, -0.25) is 4.79 Å². The van der Waals surface area contributed by atoms with Gasteiger partial charge in [-0.05, 0) is 36.2 Å². The van der Waals surface area contributed by atoms with E-state index in [1.165, 1.54) is 0 Å². The molecular weight excluding hydrogens is 326 g/mol. The summed E-state index contributed by atoms with van der Waals surface area (Å²) in [6, 6.07) is 25.2. The molecule has 1 amide bonds. The molecule has 4 heteroatoms. The molecule has 3 aromatic carbocycles. The van der Waals surface area contributed by atoms with E-state index in [2.05, 4.69) is 5.32 Å². The van der Waals surface area contributed by atoms with Gasteiger partial charge in [-0.25, -0.2) is 0 Å². The molecule has 1 atom stereocenters. The molecule has 0 heterocycles. The van der Waals surface area contributed by atoms with Crippen molar-refractivity contribution in [3.63, 3.8) is 0 Å². The van der Waals surface area contributed by atoms with Gasteiger partial charge in [-0.15, -0.1) is 0 Å². The highest BCUT2D eigenvalue weighted by atomic mass is 16.5. The molecule has 4 nitrogen and oxygen atoms in total. The Labute approximate surface area is 152 Å². The Morgan fingerprint density at radius 2 is 1.50 bits per heavy atom. The van der Waals surface area contributed by atoms with Crippen LogP contribution in [0.2, 0.25) is 0 Å². The number of rotatable bonds is 7. The number of benzene rings is 3. The zero-order valence-corrected chi connectivity index (χ0v) is 14.2. The number of carbonyl (C=O) groups is 2. The van der Waals surface area contributed by atoms with E-state index in [4.69, 9.17) is 4.74 Å². The first kappa shape index (κ1) is 17.4. The maximum atomic E-state index is 12.7. The molecule has 0 saturated carbocycles. The quantitative estimate of drug-likeness (QED) is 0.658. The lowest BCUT2D eigenvalue weighted by Crippen LogP contribution is -2.37. The third kappa shape index (κ3) is 4.57. The smallest absolute Gasteiger partial charge is 0.255 e. The number of ether oxygens (including phenoxy) is 1. The van der Waals surface area contributed by atoms with Crippen molar-refractivity contribution in [3.8, 4) is 11.5 Å². The first-order chi connectivity index (χ1) is 12.8. The molecule has 0 fully saturated rings. The number of hydrogen-bond donors (Lipinski definition) is 1. The van der Waals surface area contributed by atoms with Gasteiger partial charge in [0.05, 0.1) is 11.6 Å². The molecule has 0 unspecified atom stereocenters. The summed E-state index contributed by atoms with van der Waals surface area (Å²) in [6.45, 7) is 0. The molecular formula is C22H19NO3. The van der Waals surface area contributed by atoms with Gasteiger partial charge in [0.15, 0.2) is 0 Å². The van der Waals surface area contributed by atoms with Gasteiger partial charge in [0, 0.05) is 0 Å². The third-order valence-corrected chi connectivity index (χ3v) is 3.88. The Kier molecular flexibility index (Phi) is 5.78. The first-order valence-corrected chi connectivity index (χ1v) is 8.38. The Balaban J connectivity index is 1.74. The minimum Gasteiger partial charge on any atom is -0.457 e. The molecule has 26 heavy (non-hydrogen) atoms. The highest BCUT2D eigenvalue weighted by Gasteiger charge is 2.17. The van der Waals surface area contributed by atoms with E-state index in [1.807, 2.05) is 60.7 Å². The van der Waals surface area contributed by atoms with Crippen molar-refractivity contribution in [3.05, 3.63) is 96.1 Å². The van der Waals surface area contributed by atoms with E-state index >= 15 is 0 Å². The predicted octanol–water partition coefficient (Wildman–Crippen LogP) is 4.02. The zero-order valence-electron chi connectivity index (χ0n) is 14.2. The van der Waals surface area contributed by atoms with Crippen molar-refractivity contribution in [2.45, 2.75) is 12.5 Å². The Bertz CT molecular complexity index is 863. The molecule has 1 N–H and O–H groups in total. The second kappa shape index (κ2) is 8.62. The molecule has 0 radical (unpaired) electrons. The average Bonchev–Trinajstić information content (AvgIpc) is 2.69. The molecule has 130 valence electrons. The van der Waals surface area contributed by atoms with Crippen molar-refractivity contribution >= 4 is 12.2 Å². The lowest BCUT2D eigenvalue weighted by atomic mass is 10.1. The maximum Gasteiger partial charge on any atom is 0.255 e. The van der Waals surface area contributed by atoms with Crippen LogP contribution in [0, 0.1) is 0 Å². The van der Waals surface area contributed by atoms with Crippen LogP contribution in [0.25, 0.3) is 0 Å². The summed E-state index contributed by atoms with van der Waals surface area (Å²) in [5.74, 6) is 0.745. The molecule has 0 saturated heterocycles. The van der Waals surface area contributed by atoms with E-state index in [0.29, 0.717) is 23.5 Å². The minimum absolute atomic E-state index is 0.343. The van der Waals surface area contributed by atoms with Crippen molar-refractivity contribution in [1.29, 1.82) is 0 Å².